The lowest BCUT2D eigenvalue weighted by Crippen LogP contribution is -2.47. The number of amides is 1. The molecule has 132 valence electrons. The molecule has 0 saturated heterocycles. The SMILES string of the molecule is COc1ccnc(C(=O)NC2CC(C)(C)CC(C)(C3CC3)C2)c1O. The third-order valence-electron chi connectivity index (χ3n) is 5.61. The highest BCUT2D eigenvalue weighted by atomic mass is 16.5. The van der Waals surface area contributed by atoms with E-state index in [9.17, 15) is 9.90 Å². The second-order valence-corrected chi connectivity index (χ2v) is 8.56. The molecule has 1 amide bonds. The van der Waals surface area contributed by atoms with Gasteiger partial charge in [-0.3, -0.25) is 4.79 Å². The van der Waals surface area contributed by atoms with Crippen LogP contribution >= 0.6 is 0 Å². The van der Waals surface area contributed by atoms with E-state index in [-0.39, 0.29) is 34.6 Å². The van der Waals surface area contributed by atoms with Gasteiger partial charge in [-0.1, -0.05) is 20.8 Å². The molecule has 2 unspecified atom stereocenters. The van der Waals surface area contributed by atoms with E-state index in [4.69, 9.17) is 4.74 Å². The molecule has 2 aliphatic carbocycles. The van der Waals surface area contributed by atoms with Crippen molar-refractivity contribution in [3.05, 3.63) is 18.0 Å². The minimum atomic E-state index is -0.327. The highest BCUT2D eigenvalue weighted by Gasteiger charge is 2.49. The van der Waals surface area contributed by atoms with E-state index in [1.54, 1.807) is 6.07 Å². The number of nitrogens with zero attached hydrogens (tertiary/aromatic N) is 1. The molecule has 5 nitrogen and oxygen atoms in total. The number of carbonyl (C=O) groups is 1. The van der Waals surface area contributed by atoms with E-state index < -0.39 is 0 Å². The summed E-state index contributed by atoms with van der Waals surface area (Å²) in [7, 11) is 1.46. The molecule has 1 aromatic rings. The average Bonchev–Trinajstić information content (AvgIpc) is 3.30. The number of pyridine rings is 1. The van der Waals surface area contributed by atoms with Crippen molar-refractivity contribution in [2.45, 2.75) is 58.9 Å². The third-order valence-corrected chi connectivity index (χ3v) is 5.61. The van der Waals surface area contributed by atoms with Crippen LogP contribution in [0.5, 0.6) is 11.5 Å². The van der Waals surface area contributed by atoms with Gasteiger partial charge in [-0.05, 0) is 48.9 Å². The number of carbonyl (C=O) groups excluding carboxylic acids is 1. The highest BCUT2D eigenvalue weighted by Crippen LogP contribution is 2.57. The van der Waals surface area contributed by atoms with Gasteiger partial charge in [0.25, 0.3) is 5.91 Å². The zero-order chi connectivity index (χ0) is 17.5. The first-order valence-electron chi connectivity index (χ1n) is 8.77. The summed E-state index contributed by atoms with van der Waals surface area (Å²) < 4.78 is 5.06. The predicted molar refractivity (Wildman–Crippen MR) is 92.2 cm³/mol. The Morgan fingerprint density at radius 1 is 1.33 bits per heavy atom. The van der Waals surface area contributed by atoms with E-state index >= 15 is 0 Å². The number of rotatable bonds is 4. The van der Waals surface area contributed by atoms with Crippen molar-refractivity contribution < 1.29 is 14.6 Å². The van der Waals surface area contributed by atoms with E-state index in [1.165, 1.54) is 32.6 Å². The Labute approximate surface area is 143 Å². The van der Waals surface area contributed by atoms with Gasteiger partial charge >= 0.3 is 0 Å². The lowest BCUT2D eigenvalue weighted by atomic mass is 9.60. The first-order chi connectivity index (χ1) is 11.2. The molecule has 1 aromatic heterocycles. The Morgan fingerprint density at radius 3 is 2.67 bits per heavy atom. The van der Waals surface area contributed by atoms with Crippen LogP contribution in [0.4, 0.5) is 0 Å². The van der Waals surface area contributed by atoms with Crippen molar-refractivity contribution in [3.8, 4) is 11.5 Å². The van der Waals surface area contributed by atoms with Crippen molar-refractivity contribution in [1.29, 1.82) is 0 Å². The van der Waals surface area contributed by atoms with Crippen molar-refractivity contribution in [3.63, 3.8) is 0 Å². The molecule has 2 N–H and O–H groups in total. The summed E-state index contributed by atoms with van der Waals surface area (Å²) in [4.78, 5) is 16.7. The number of aromatic hydroxyl groups is 1. The first kappa shape index (κ1) is 17.1. The zero-order valence-electron chi connectivity index (χ0n) is 15.1. The van der Waals surface area contributed by atoms with Crippen LogP contribution in [-0.2, 0) is 0 Å². The fraction of sp³-hybridized carbons (Fsp3) is 0.684. The van der Waals surface area contributed by atoms with E-state index in [0.29, 0.717) is 5.41 Å². The summed E-state index contributed by atoms with van der Waals surface area (Å²) in [6.45, 7) is 6.94. The Kier molecular flexibility index (Phi) is 4.22. The molecular weight excluding hydrogens is 304 g/mol. The minimum Gasteiger partial charge on any atom is -0.503 e. The number of aromatic nitrogens is 1. The van der Waals surface area contributed by atoms with Gasteiger partial charge in [-0.25, -0.2) is 4.98 Å². The number of nitrogens with one attached hydrogen (secondary N) is 1. The fourth-order valence-corrected chi connectivity index (χ4v) is 4.75. The van der Waals surface area contributed by atoms with Crippen molar-refractivity contribution in [2.75, 3.05) is 7.11 Å². The van der Waals surface area contributed by atoms with Crippen LogP contribution in [0.3, 0.4) is 0 Å². The number of hydrogen-bond acceptors (Lipinski definition) is 4. The maximum atomic E-state index is 12.6. The summed E-state index contributed by atoms with van der Waals surface area (Å²) >= 11 is 0. The Balaban J connectivity index is 1.76. The van der Waals surface area contributed by atoms with Gasteiger partial charge in [0, 0.05) is 18.3 Å². The van der Waals surface area contributed by atoms with E-state index in [0.717, 1.165) is 18.8 Å². The maximum Gasteiger partial charge on any atom is 0.274 e. The Bertz CT molecular complexity index is 639. The molecule has 2 saturated carbocycles. The molecular formula is C19H28N2O3. The van der Waals surface area contributed by atoms with Gasteiger partial charge in [0.2, 0.25) is 0 Å². The summed E-state index contributed by atoms with van der Waals surface area (Å²) in [5.41, 5.74) is 0.534. The normalized spacial score (nSPS) is 29.1. The molecule has 2 fully saturated rings. The van der Waals surface area contributed by atoms with Gasteiger partial charge < -0.3 is 15.2 Å². The Morgan fingerprint density at radius 2 is 2.04 bits per heavy atom. The summed E-state index contributed by atoms with van der Waals surface area (Å²) in [6.07, 6.45) is 7.26. The molecule has 3 rings (SSSR count). The molecule has 0 radical (unpaired) electrons. The largest absolute Gasteiger partial charge is 0.503 e. The van der Waals surface area contributed by atoms with Crippen LogP contribution in [0.25, 0.3) is 0 Å². The number of hydrogen-bond donors (Lipinski definition) is 2. The van der Waals surface area contributed by atoms with Crippen LogP contribution < -0.4 is 10.1 Å². The molecule has 2 aliphatic rings. The molecule has 0 aromatic carbocycles. The fourth-order valence-electron chi connectivity index (χ4n) is 4.75. The zero-order valence-corrected chi connectivity index (χ0v) is 15.1. The van der Waals surface area contributed by atoms with Crippen molar-refractivity contribution >= 4 is 5.91 Å². The highest BCUT2D eigenvalue weighted by molar-refractivity contribution is 5.95. The second kappa shape index (κ2) is 5.94. The summed E-state index contributed by atoms with van der Waals surface area (Å²) in [5, 5.41) is 13.2. The van der Waals surface area contributed by atoms with Gasteiger partial charge in [-0.2, -0.15) is 0 Å². The van der Waals surface area contributed by atoms with Crippen LogP contribution in [0.1, 0.15) is 63.4 Å². The van der Waals surface area contributed by atoms with Crippen molar-refractivity contribution in [1.82, 2.24) is 10.3 Å². The van der Waals surface area contributed by atoms with Crippen molar-refractivity contribution in [2.24, 2.45) is 16.7 Å². The second-order valence-electron chi connectivity index (χ2n) is 8.56. The molecule has 0 bridgehead atoms. The summed E-state index contributed by atoms with van der Waals surface area (Å²) in [6, 6.07) is 1.65. The molecule has 5 heteroatoms. The smallest absolute Gasteiger partial charge is 0.274 e. The monoisotopic (exact) mass is 332 g/mol. The van der Waals surface area contributed by atoms with Gasteiger partial charge in [0.05, 0.1) is 7.11 Å². The molecule has 2 atom stereocenters. The topological polar surface area (TPSA) is 71.5 Å². The van der Waals surface area contributed by atoms with E-state index in [2.05, 4.69) is 31.1 Å². The van der Waals surface area contributed by atoms with Crippen LogP contribution in [0, 0.1) is 16.7 Å². The molecule has 1 heterocycles. The lowest BCUT2D eigenvalue weighted by Gasteiger charge is -2.47. The lowest BCUT2D eigenvalue weighted by molar-refractivity contribution is 0.0494. The maximum absolute atomic E-state index is 12.6. The van der Waals surface area contributed by atoms with Gasteiger partial charge in [-0.15, -0.1) is 0 Å². The van der Waals surface area contributed by atoms with Crippen LogP contribution in [-0.4, -0.2) is 29.1 Å². The quantitative estimate of drug-likeness (QED) is 0.885. The van der Waals surface area contributed by atoms with Crippen LogP contribution in [0.2, 0.25) is 0 Å². The van der Waals surface area contributed by atoms with Gasteiger partial charge in [0.1, 0.15) is 0 Å². The third kappa shape index (κ3) is 3.35. The van der Waals surface area contributed by atoms with E-state index in [1.807, 2.05) is 0 Å². The Hall–Kier alpha value is -1.78. The molecule has 0 spiro atoms. The minimum absolute atomic E-state index is 0.0332. The average molecular weight is 332 g/mol. The first-order valence-corrected chi connectivity index (χ1v) is 8.77. The summed E-state index contributed by atoms with van der Waals surface area (Å²) in [5.74, 6) is 0.534. The predicted octanol–water partition coefficient (Wildman–Crippen LogP) is 3.52. The molecule has 24 heavy (non-hydrogen) atoms. The standard InChI is InChI=1S/C19H28N2O3/c1-18(2)9-13(10-19(3,11-18)12-5-6-12)21-17(23)15-16(22)14(24-4)7-8-20-15/h7-8,12-13,22H,5-6,9-11H2,1-4H3,(H,21,23). The van der Waals surface area contributed by atoms with Crippen LogP contribution in [0.15, 0.2) is 12.3 Å². The number of methoxy groups -OCH3 is 1. The molecule has 0 aliphatic heterocycles. The number of ether oxygens (including phenoxy) is 1. The van der Waals surface area contributed by atoms with Gasteiger partial charge in [0.15, 0.2) is 17.2 Å².